The van der Waals surface area contributed by atoms with Gasteiger partial charge in [-0.1, -0.05) is 0 Å². The Bertz CT molecular complexity index is 847. The molecule has 3 rings (SSSR count). The van der Waals surface area contributed by atoms with Crippen LogP contribution in [0.3, 0.4) is 0 Å². The van der Waals surface area contributed by atoms with Gasteiger partial charge in [0.2, 0.25) is 5.91 Å². The predicted molar refractivity (Wildman–Crippen MR) is 107 cm³/mol. The molecule has 0 atom stereocenters. The molecule has 1 fully saturated rings. The fourth-order valence-electron chi connectivity index (χ4n) is 2.95. The van der Waals surface area contributed by atoms with Crippen LogP contribution in [0.25, 0.3) is 0 Å². The number of nitrogens with one attached hydrogen (secondary N) is 2. The molecule has 146 valence electrons. The van der Waals surface area contributed by atoms with Crippen LogP contribution in [0.1, 0.15) is 30.1 Å². The lowest BCUT2D eigenvalue weighted by Crippen LogP contribution is -2.28. The highest BCUT2D eigenvalue weighted by Crippen LogP contribution is 2.22. The van der Waals surface area contributed by atoms with Crippen molar-refractivity contribution in [3.05, 3.63) is 54.1 Å². The van der Waals surface area contributed by atoms with Crippen LogP contribution < -0.4 is 20.3 Å². The number of benzene rings is 2. The second-order valence-corrected chi connectivity index (χ2v) is 6.42. The van der Waals surface area contributed by atoms with E-state index in [1.165, 1.54) is 0 Å². The van der Waals surface area contributed by atoms with Gasteiger partial charge in [0.25, 0.3) is 11.8 Å². The second-order valence-electron chi connectivity index (χ2n) is 6.42. The number of carbonyl (C=O) groups is 3. The van der Waals surface area contributed by atoms with Gasteiger partial charge in [0, 0.05) is 36.4 Å². The third kappa shape index (κ3) is 4.88. The van der Waals surface area contributed by atoms with Crippen molar-refractivity contribution < 1.29 is 19.1 Å². The Morgan fingerprint density at radius 3 is 2.39 bits per heavy atom. The highest BCUT2D eigenvalue weighted by atomic mass is 16.5. The van der Waals surface area contributed by atoms with E-state index in [9.17, 15) is 14.4 Å². The molecule has 0 saturated carbocycles. The van der Waals surface area contributed by atoms with E-state index in [2.05, 4.69) is 10.6 Å². The minimum Gasteiger partial charge on any atom is -0.484 e. The molecule has 1 aliphatic heterocycles. The second kappa shape index (κ2) is 9.03. The van der Waals surface area contributed by atoms with Crippen LogP contribution >= 0.6 is 0 Å². The first kappa shape index (κ1) is 19.4. The number of amides is 3. The Morgan fingerprint density at radius 1 is 1.07 bits per heavy atom. The Morgan fingerprint density at radius 2 is 1.79 bits per heavy atom. The molecule has 1 aliphatic rings. The van der Waals surface area contributed by atoms with Crippen molar-refractivity contribution in [1.82, 2.24) is 5.32 Å². The monoisotopic (exact) mass is 381 g/mol. The summed E-state index contributed by atoms with van der Waals surface area (Å²) < 4.78 is 5.38. The van der Waals surface area contributed by atoms with Crippen LogP contribution in [0.4, 0.5) is 11.4 Å². The SMILES string of the molecule is CCNC(=O)COc1ccc(NC(=O)c2ccc(N3CCCC3=O)cc2)cc1. The summed E-state index contributed by atoms with van der Waals surface area (Å²) in [5.41, 5.74) is 1.94. The molecule has 2 aromatic rings. The normalized spacial score (nSPS) is 13.3. The third-order valence-electron chi connectivity index (χ3n) is 4.37. The minimum atomic E-state index is -0.240. The number of rotatable bonds is 7. The average Bonchev–Trinajstić information content (AvgIpc) is 3.14. The lowest BCUT2D eigenvalue weighted by molar-refractivity contribution is -0.123. The number of anilines is 2. The van der Waals surface area contributed by atoms with E-state index in [0.29, 0.717) is 30.0 Å². The van der Waals surface area contributed by atoms with Crippen LogP contribution in [-0.2, 0) is 9.59 Å². The summed E-state index contributed by atoms with van der Waals surface area (Å²) in [7, 11) is 0. The molecule has 0 aromatic heterocycles. The predicted octanol–water partition coefficient (Wildman–Crippen LogP) is 2.58. The van der Waals surface area contributed by atoms with Crippen LogP contribution in [-0.4, -0.2) is 37.4 Å². The Labute approximate surface area is 163 Å². The van der Waals surface area contributed by atoms with E-state index in [1.807, 2.05) is 6.92 Å². The fourth-order valence-corrected chi connectivity index (χ4v) is 2.95. The summed E-state index contributed by atoms with van der Waals surface area (Å²) in [4.78, 5) is 37.3. The molecule has 28 heavy (non-hydrogen) atoms. The van der Waals surface area contributed by atoms with Gasteiger partial charge in [0.15, 0.2) is 6.61 Å². The number of hydrogen-bond donors (Lipinski definition) is 2. The zero-order valence-electron chi connectivity index (χ0n) is 15.7. The van der Waals surface area contributed by atoms with Gasteiger partial charge in [-0.15, -0.1) is 0 Å². The standard InChI is InChI=1S/C21H23N3O4/c1-2-22-19(25)14-28-18-11-7-16(8-12-18)23-21(27)15-5-9-17(10-6-15)24-13-3-4-20(24)26/h5-12H,2-4,13-14H2,1H3,(H,22,25)(H,23,27). The molecule has 0 bridgehead atoms. The number of ether oxygens (including phenoxy) is 1. The van der Waals surface area contributed by atoms with Gasteiger partial charge in [-0.05, 0) is 61.9 Å². The summed E-state index contributed by atoms with van der Waals surface area (Å²) in [5, 5.41) is 5.47. The smallest absolute Gasteiger partial charge is 0.257 e. The lowest BCUT2D eigenvalue weighted by atomic mass is 10.1. The highest BCUT2D eigenvalue weighted by molar-refractivity contribution is 6.04. The van der Waals surface area contributed by atoms with Gasteiger partial charge in [0.1, 0.15) is 5.75 Å². The first-order chi connectivity index (χ1) is 13.6. The third-order valence-corrected chi connectivity index (χ3v) is 4.37. The Kier molecular flexibility index (Phi) is 6.26. The van der Waals surface area contributed by atoms with E-state index in [0.717, 1.165) is 18.7 Å². The van der Waals surface area contributed by atoms with Gasteiger partial charge in [-0.25, -0.2) is 0 Å². The van der Waals surface area contributed by atoms with Gasteiger partial charge in [-0.2, -0.15) is 0 Å². The van der Waals surface area contributed by atoms with Crippen molar-refractivity contribution in [2.45, 2.75) is 19.8 Å². The van der Waals surface area contributed by atoms with Crippen molar-refractivity contribution in [2.75, 3.05) is 29.9 Å². The van der Waals surface area contributed by atoms with Crippen LogP contribution in [0.15, 0.2) is 48.5 Å². The van der Waals surface area contributed by atoms with Crippen molar-refractivity contribution >= 4 is 29.1 Å². The molecule has 7 heteroatoms. The zero-order valence-corrected chi connectivity index (χ0v) is 15.7. The molecule has 2 aromatic carbocycles. The Balaban J connectivity index is 1.55. The highest BCUT2D eigenvalue weighted by Gasteiger charge is 2.21. The summed E-state index contributed by atoms with van der Waals surface area (Å²) in [6.45, 7) is 3.07. The van der Waals surface area contributed by atoms with Gasteiger partial charge >= 0.3 is 0 Å². The molecule has 1 saturated heterocycles. The average molecular weight is 381 g/mol. The number of likely N-dealkylation sites (N-methyl/N-ethyl adjacent to an activating group) is 1. The zero-order chi connectivity index (χ0) is 19.9. The van der Waals surface area contributed by atoms with E-state index >= 15 is 0 Å². The molecule has 0 radical (unpaired) electrons. The molecular formula is C21H23N3O4. The topological polar surface area (TPSA) is 87.7 Å². The molecule has 7 nitrogen and oxygen atoms in total. The van der Waals surface area contributed by atoms with Crippen LogP contribution in [0.2, 0.25) is 0 Å². The molecule has 0 unspecified atom stereocenters. The minimum absolute atomic E-state index is 0.0502. The lowest BCUT2D eigenvalue weighted by Gasteiger charge is -2.15. The van der Waals surface area contributed by atoms with Crippen LogP contribution in [0, 0.1) is 0 Å². The molecule has 1 heterocycles. The largest absolute Gasteiger partial charge is 0.484 e. The van der Waals surface area contributed by atoms with Gasteiger partial charge in [0.05, 0.1) is 0 Å². The maximum Gasteiger partial charge on any atom is 0.257 e. The maximum atomic E-state index is 12.4. The Hall–Kier alpha value is -3.35. The molecule has 3 amide bonds. The van der Waals surface area contributed by atoms with Crippen molar-refractivity contribution in [3.8, 4) is 5.75 Å². The van der Waals surface area contributed by atoms with E-state index < -0.39 is 0 Å². The maximum absolute atomic E-state index is 12.4. The van der Waals surface area contributed by atoms with E-state index in [4.69, 9.17) is 4.74 Å². The van der Waals surface area contributed by atoms with Crippen molar-refractivity contribution in [2.24, 2.45) is 0 Å². The summed E-state index contributed by atoms with van der Waals surface area (Å²) in [6, 6.07) is 13.8. The van der Waals surface area contributed by atoms with E-state index in [1.54, 1.807) is 53.4 Å². The summed E-state index contributed by atoms with van der Waals surface area (Å²) >= 11 is 0. The number of nitrogens with zero attached hydrogens (tertiary/aromatic N) is 1. The molecule has 2 N–H and O–H groups in total. The van der Waals surface area contributed by atoms with Gasteiger partial charge < -0.3 is 20.3 Å². The van der Waals surface area contributed by atoms with Crippen molar-refractivity contribution in [3.63, 3.8) is 0 Å². The first-order valence-electron chi connectivity index (χ1n) is 9.28. The molecule has 0 aliphatic carbocycles. The molecular weight excluding hydrogens is 358 g/mol. The number of hydrogen-bond acceptors (Lipinski definition) is 4. The summed E-state index contributed by atoms with van der Waals surface area (Å²) in [6.07, 6.45) is 1.44. The molecule has 0 spiro atoms. The first-order valence-corrected chi connectivity index (χ1v) is 9.28. The van der Waals surface area contributed by atoms with Crippen molar-refractivity contribution in [1.29, 1.82) is 0 Å². The number of carbonyl (C=O) groups excluding carboxylic acids is 3. The van der Waals surface area contributed by atoms with Gasteiger partial charge in [-0.3, -0.25) is 14.4 Å². The quantitative estimate of drug-likeness (QED) is 0.772. The fraction of sp³-hybridized carbons (Fsp3) is 0.286. The van der Waals surface area contributed by atoms with Crippen LogP contribution in [0.5, 0.6) is 5.75 Å². The summed E-state index contributed by atoms with van der Waals surface area (Å²) in [5.74, 6) is 0.241. The van der Waals surface area contributed by atoms with E-state index in [-0.39, 0.29) is 24.3 Å².